The van der Waals surface area contributed by atoms with Crippen LogP contribution in [0.25, 0.3) is 11.4 Å². The third-order valence-corrected chi connectivity index (χ3v) is 5.36. The quantitative estimate of drug-likeness (QED) is 0.302. The minimum atomic E-state index is -0.569. The number of carbonyl (C=O) groups is 1. The lowest BCUT2D eigenvalue weighted by molar-refractivity contribution is -0.384. The van der Waals surface area contributed by atoms with Crippen molar-refractivity contribution in [3.8, 4) is 22.9 Å². The molecular formula is C20H21N5O5S. The van der Waals surface area contributed by atoms with Gasteiger partial charge >= 0.3 is 0 Å². The van der Waals surface area contributed by atoms with Gasteiger partial charge in [0, 0.05) is 12.1 Å². The second-order valence-corrected chi connectivity index (χ2v) is 7.20. The van der Waals surface area contributed by atoms with Gasteiger partial charge in [-0.2, -0.15) is 0 Å². The number of amides is 1. The zero-order valence-electron chi connectivity index (χ0n) is 17.2. The first-order chi connectivity index (χ1) is 15.0. The van der Waals surface area contributed by atoms with Crippen molar-refractivity contribution >= 4 is 29.0 Å². The van der Waals surface area contributed by atoms with Crippen LogP contribution < -0.4 is 14.8 Å². The highest BCUT2D eigenvalue weighted by atomic mass is 32.2. The number of nitro groups is 1. The Morgan fingerprint density at radius 1 is 1.13 bits per heavy atom. The molecule has 3 aromatic rings. The number of hydrogen-bond acceptors (Lipinski definition) is 8. The zero-order chi connectivity index (χ0) is 22.4. The summed E-state index contributed by atoms with van der Waals surface area (Å²) in [6, 6.07) is 11.7. The minimum absolute atomic E-state index is 0.0178. The van der Waals surface area contributed by atoms with Crippen molar-refractivity contribution in [1.82, 2.24) is 14.8 Å². The normalized spacial score (nSPS) is 10.5. The zero-order valence-corrected chi connectivity index (χ0v) is 18.0. The van der Waals surface area contributed by atoms with E-state index in [4.69, 9.17) is 9.47 Å². The van der Waals surface area contributed by atoms with Crippen LogP contribution in [0.2, 0.25) is 0 Å². The summed E-state index contributed by atoms with van der Waals surface area (Å²) in [6.45, 7) is 2.57. The summed E-state index contributed by atoms with van der Waals surface area (Å²) < 4.78 is 12.1. The molecule has 11 heteroatoms. The van der Waals surface area contributed by atoms with E-state index in [0.29, 0.717) is 23.3 Å². The fourth-order valence-electron chi connectivity index (χ4n) is 2.85. The van der Waals surface area contributed by atoms with Gasteiger partial charge in [0.1, 0.15) is 17.2 Å². The molecule has 1 heterocycles. The molecule has 0 saturated heterocycles. The molecule has 10 nitrogen and oxygen atoms in total. The summed E-state index contributed by atoms with van der Waals surface area (Å²) in [5, 5.41) is 22.9. The highest BCUT2D eigenvalue weighted by molar-refractivity contribution is 7.99. The topological polar surface area (TPSA) is 121 Å². The van der Waals surface area contributed by atoms with Crippen molar-refractivity contribution in [2.45, 2.75) is 18.6 Å². The second kappa shape index (κ2) is 9.94. The Hall–Kier alpha value is -3.60. The number of rotatable bonds is 9. The van der Waals surface area contributed by atoms with Crippen molar-refractivity contribution in [2.24, 2.45) is 0 Å². The van der Waals surface area contributed by atoms with E-state index in [-0.39, 0.29) is 17.1 Å². The molecule has 0 aliphatic rings. The predicted molar refractivity (Wildman–Crippen MR) is 117 cm³/mol. The molecule has 0 aliphatic carbocycles. The number of aromatic nitrogens is 3. The molecule has 0 unspecified atom stereocenters. The van der Waals surface area contributed by atoms with Crippen LogP contribution in [0.4, 0.5) is 11.4 Å². The number of carbonyl (C=O) groups excluding carboxylic acids is 1. The summed E-state index contributed by atoms with van der Waals surface area (Å²) in [5.41, 5.74) is 0.740. The molecular weight excluding hydrogens is 422 g/mol. The Labute approximate surface area is 182 Å². The number of nitrogens with one attached hydrogen (secondary N) is 1. The average Bonchev–Trinajstić information content (AvgIpc) is 3.20. The Bertz CT molecular complexity index is 1080. The molecule has 0 atom stereocenters. The molecule has 1 N–H and O–H groups in total. The molecule has 0 radical (unpaired) electrons. The van der Waals surface area contributed by atoms with Gasteiger partial charge in [0.2, 0.25) is 5.91 Å². The van der Waals surface area contributed by atoms with Crippen LogP contribution >= 0.6 is 11.8 Å². The third kappa shape index (κ3) is 5.12. The number of nitro benzene ring substituents is 1. The SMILES string of the molecule is CCn1c(SCC(=O)Nc2ccc(OC)cc2[N+](=O)[O-])nnc1-c1ccc(OC)cc1. The van der Waals surface area contributed by atoms with Crippen molar-refractivity contribution in [2.75, 3.05) is 25.3 Å². The van der Waals surface area contributed by atoms with Gasteiger partial charge in [-0.25, -0.2) is 0 Å². The molecule has 1 amide bonds. The largest absolute Gasteiger partial charge is 0.497 e. The molecule has 0 spiro atoms. The number of nitrogens with zero attached hydrogens (tertiary/aromatic N) is 4. The van der Waals surface area contributed by atoms with E-state index in [9.17, 15) is 14.9 Å². The average molecular weight is 443 g/mol. The first kappa shape index (κ1) is 22.1. The lowest BCUT2D eigenvalue weighted by Gasteiger charge is -2.09. The number of methoxy groups -OCH3 is 2. The summed E-state index contributed by atoms with van der Waals surface area (Å²) >= 11 is 1.20. The highest BCUT2D eigenvalue weighted by Gasteiger charge is 2.19. The van der Waals surface area contributed by atoms with E-state index >= 15 is 0 Å². The maximum absolute atomic E-state index is 12.4. The minimum Gasteiger partial charge on any atom is -0.497 e. The molecule has 0 saturated carbocycles. The molecule has 31 heavy (non-hydrogen) atoms. The van der Waals surface area contributed by atoms with Gasteiger partial charge in [0.25, 0.3) is 5.69 Å². The molecule has 2 aromatic carbocycles. The Morgan fingerprint density at radius 3 is 2.42 bits per heavy atom. The van der Waals surface area contributed by atoms with Crippen molar-refractivity contribution in [3.05, 3.63) is 52.6 Å². The Kier molecular flexibility index (Phi) is 7.08. The number of ether oxygens (including phenoxy) is 2. The fraction of sp³-hybridized carbons (Fsp3) is 0.250. The lowest BCUT2D eigenvalue weighted by Crippen LogP contribution is -2.15. The summed E-state index contributed by atoms with van der Waals surface area (Å²) in [4.78, 5) is 23.1. The predicted octanol–water partition coefficient (Wildman–Crippen LogP) is 3.62. The number of anilines is 1. The van der Waals surface area contributed by atoms with E-state index in [0.717, 1.165) is 11.3 Å². The second-order valence-electron chi connectivity index (χ2n) is 6.26. The fourth-order valence-corrected chi connectivity index (χ4v) is 3.65. The van der Waals surface area contributed by atoms with Crippen molar-refractivity contribution in [1.29, 1.82) is 0 Å². The Morgan fingerprint density at radius 2 is 1.81 bits per heavy atom. The molecule has 0 aliphatic heterocycles. The van der Waals surface area contributed by atoms with Crippen molar-refractivity contribution in [3.63, 3.8) is 0 Å². The van der Waals surface area contributed by atoms with Gasteiger partial charge < -0.3 is 19.4 Å². The van der Waals surface area contributed by atoms with Crippen LogP contribution in [0.5, 0.6) is 11.5 Å². The van der Waals surface area contributed by atoms with Gasteiger partial charge in [-0.15, -0.1) is 10.2 Å². The van der Waals surface area contributed by atoms with Crippen LogP contribution in [-0.2, 0) is 11.3 Å². The summed E-state index contributed by atoms with van der Waals surface area (Å²) in [5.74, 6) is 1.38. The monoisotopic (exact) mass is 443 g/mol. The molecule has 3 rings (SSSR count). The van der Waals surface area contributed by atoms with Crippen LogP contribution in [-0.4, -0.2) is 45.6 Å². The maximum atomic E-state index is 12.4. The first-order valence-electron chi connectivity index (χ1n) is 9.29. The van der Waals surface area contributed by atoms with Crippen LogP contribution in [0, 0.1) is 10.1 Å². The number of thioether (sulfide) groups is 1. The standard InChI is InChI=1S/C20H21N5O5S/c1-4-24-19(13-5-7-14(29-2)8-6-13)22-23-20(24)31-12-18(26)21-16-10-9-15(30-3)11-17(16)25(27)28/h5-11H,4,12H2,1-3H3,(H,21,26). The smallest absolute Gasteiger partial charge is 0.296 e. The van der Waals surface area contributed by atoms with Gasteiger partial charge in [0.15, 0.2) is 11.0 Å². The van der Waals surface area contributed by atoms with Crippen LogP contribution in [0.15, 0.2) is 47.6 Å². The van der Waals surface area contributed by atoms with Gasteiger partial charge in [0.05, 0.1) is 31.0 Å². The van der Waals surface area contributed by atoms with E-state index < -0.39 is 10.8 Å². The van der Waals surface area contributed by atoms with E-state index in [2.05, 4.69) is 15.5 Å². The Balaban J connectivity index is 1.71. The van der Waals surface area contributed by atoms with Crippen LogP contribution in [0.3, 0.4) is 0 Å². The van der Waals surface area contributed by atoms with E-state index in [1.807, 2.05) is 35.8 Å². The highest BCUT2D eigenvalue weighted by Crippen LogP contribution is 2.30. The molecule has 1 aromatic heterocycles. The summed E-state index contributed by atoms with van der Waals surface area (Å²) in [6.07, 6.45) is 0. The molecule has 162 valence electrons. The van der Waals surface area contributed by atoms with Gasteiger partial charge in [-0.05, 0) is 43.3 Å². The molecule has 0 fully saturated rings. The van der Waals surface area contributed by atoms with Gasteiger partial charge in [-0.3, -0.25) is 14.9 Å². The maximum Gasteiger partial charge on any atom is 0.296 e. The first-order valence-corrected chi connectivity index (χ1v) is 10.3. The van der Waals surface area contributed by atoms with E-state index in [1.54, 1.807) is 13.2 Å². The molecule has 0 bridgehead atoms. The van der Waals surface area contributed by atoms with Crippen molar-refractivity contribution < 1.29 is 19.2 Å². The lowest BCUT2D eigenvalue weighted by atomic mass is 10.2. The third-order valence-electron chi connectivity index (χ3n) is 4.39. The number of benzene rings is 2. The van der Waals surface area contributed by atoms with Gasteiger partial charge in [-0.1, -0.05) is 11.8 Å². The van der Waals surface area contributed by atoms with Crippen LogP contribution in [0.1, 0.15) is 6.92 Å². The van der Waals surface area contributed by atoms with E-state index in [1.165, 1.54) is 31.0 Å². The number of hydrogen-bond donors (Lipinski definition) is 1. The summed E-state index contributed by atoms with van der Waals surface area (Å²) in [7, 11) is 3.02.